The number of anilines is 3. The molecule has 1 aromatic heterocycles. The molecule has 276 valence electrons. The van der Waals surface area contributed by atoms with Crippen molar-refractivity contribution >= 4 is 44.4 Å². The lowest BCUT2D eigenvalue weighted by atomic mass is 9.82. The summed E-state index contributed by atoms with van der Waals surface area (Å²) in [6.07, 6.45) is 6.36. The Morgan fingerprint density at radius 1 is 0.509 bits per heavy atom. The first-order chi connectivity index (χ1) is 27.7. The molecule has 2 aliphatic rings. The monoisotopic (exact) mass is 734 g/mol. The molecule has 2 aliphatic carbocycles. The Balaban J connectivity index is 1.12. The molecule has 0 radical (unpaired) electrons. The summed E-state index contributed by atoms with van der Waals surface area (Å²) in [5.41, 5.74) is 19.8. The highest BCUT2D eigenvalue weighted by molar-refractivity contribution is 6.10. The van der Waals surface area contributed by atoms with Crippen molar-refractivity contribution in [2.24, 2.45) is 0 Å². The van der Waals surface area contributed by atoms with E-state index < -0.39 is 0 Å². The van der Waals surface area contributed by atoms with Crippen molar-refractivity contribution in [1.29, 1.82) is 0 Å². The molecular weight excluding hydrogens is 689 g/mol. The lowest BCUT2D eigenvalue weighted by molar-refractivity contribution is 0.659. The minimum Gasteiger partial charge on any atom is -0.310 e. The first-order valence-electron chi connectivity index (χ1n) is 20.1. The van der Waals surface area contributed by atoms with E-state index in [1.807, 2.05) is 6.08 Å². The van der Waals surface area contributed by atoms with E-state index in [1.165, 1.54) is 83.1 Å². The van der Waals surface area contributed by atoms with E-state index in [0.29, 0.717) is 0 Å². The molecule has 0 saturated heterocycles. The number of aromatic nitrogens is 1. The van der Waals surface area contributed by atoms with Crippen LogP contribution in [0.1, 0.15) is 56.9 Å². The second kappa shape index (κ2) is 13.0. The van der Waals surface area contributed by atoms with Gasteiger partial charge in [0.1, 0.15) is 0 Å². The summed E-state index contributed by atoms with van der Waals surface area (Å²) < 4.78 is 2.37. The van der Waals surface area contributed by atoms with Gasteiger partial charge in [0, 0.05) is 44.4 Å². The Bertz CT molecular complexity index is 2970. The quantitative estimate of drug-likeness (QED) is 0.165. The van der Waals surface area contributed by atoms with Crippen LogP contribution in [0.4, 0.5) is 17.1 Å². The largest absolute Gasteiger partial charge is 0.310 e. The number of hydrogen-bond acceptors (Lipinski definition) is 1. The fourth-order valence-electron chi connectivity index (χ4n) is 9.98. The van der Waals surface area contributed by atoms with Gasteiger partial charge in [-0.25, -0.2) is 0 Å². The normalized spacial score (nSPS) is 16.2. The van der Waals surface area contributed by atoms with Crippen LogP contribution < -0.4 is 4.90 Å². The average molecular weight is 735 g/mol. The van der Waals surface area contributed by atoms with Gasteiger partial charge in [-0.15, -0.1) is 0 Å². The van der Waals surface area contributed by atoms with Crippen molar-refractivity contribution in [3.63, 3.8) is 0 Å². The van der Waals surface area contributed by atoms with Crippen LogP contribution in [0.3, 0.4) is 0 Å². The molecule has 0 saturated carbocycles. The van der Waals surface area contributed by atoms with Crippen LogP contribution >= 0.6 is 0 Å². The van der Waals surface area contributed by atoms with Crippen LogP contribution in [-0.4, -0.2) is 4.57 Å². The number of benzene rings is 7. The number of rotatable bonds is 6. The average Bonchev–Trinajstić information content (AvgIpc) is 3.77. The highest BCUT2D eigenvalue weighted by Gasteiger charge is 2.38. The van der Waals surface area contributed by atoms with E-state index in [2.05, 4.69) is 221 Å². The van der Waals surface area contributed by atoms with Gasteiger partial charge in [-0.1, -0.05) is 143 Å². The number of para-hydroxylation sites is 2. The lowest BCUT2D eigenvalue weighted by Crippen LogP contribution is -2.16. The van der Waals surface area contributed by atoms with Crippen LogP contribution in [0.2, 0.25) is 0 Å². The van der Waals surface area contributed by atoms with Gasteiger partial charge >= 0.3 is 0 Å². The van der Waals surface area contributed by atoms with Crippen molar-refractivity contribution in [2.45, 2.75) is 45.4 Å². The number of fused-ring (bicyclic) bond motifs is 7. The molecule has 2 heteroatoms. The molecule has 57 heavy (non-hydrogen) atoms. The summed E-state index contributed by atoms with van der Waals surface area (Å²) in [4.78, 5) is 2.43. The summed E-state index contributed by atoms with van der Waals surface area (Å²) in [7, 11) is 0. The van der Waals surface area contributed by atoms with E-state index in [0.717, 1.165) is 17.1 Å². The maximum Gasteiger partial charge on any atom is 0.0541 e. The summed E-state index contributed by atoms with van der Waals surface area (Å²) in [5, 5.41) is 2.51. The van der Waals surface area contributed by atoms with Gasteiger partial charge < -0.3 is 9.47 Å². The van der Waals surface area contributed by atoms with Crippen LogP contribution in [0, 0.1) is 0 Å². The maximum atomic E-state index is 4.09. The van der Waals surface area contributed by atoms with Gasteiger partial charge in [-0.2, -0.15) is 0 Å². The minimum absolute atomic E-state index is 0.0577. The zero-order valence-electron chi connectivity index (χ0n) is 33.3. The second-order valence-electron chi connectivity index (χ2n) is 16.6. The molecule has 0 N–H and O–H groups in total. The zero-order chi connectivity index (χ0) is 39.1. The molecule has 0 fully saturated rings. The van der Waals surface area contributed by atoms with Crippen LogP contribution in [-0.2, 0) is 10.8 Å². The summed E-state index contributed by atoms with van der Waals surface area (Å²) in [6, 6.07) is 58.4. The molecule has 0 amide bonds. The van der Waals surface area contributed by atoms with Crippen molar-refractivity contribution in [1.82, 2.24) is 4.57 Å². The van der Waals surface area contributed by atoms with Gasteiger partial charge in [0.15, 0.2) is 0 Å². The Labute approximate surface area is 336 Å². The molecule has 7 aromatic carbocycles. The highest BCUT2D eigenvalue weighted by atomic mass is 15.1. The number of hydrogen-bond donors (Lipinski definition) is 0. The molecule has 2 nitrogen and oxygen atoms in total. The predicted octanol–water partition coefficient (Wildman–Crippen LogP) is 15.0. The molecule has 0 atom stereocenters. The third-order valence-electron chi connectivity index (χ3n) is 12.7. The third kappa shape index (κ3) is 5.24. The van der Waals surface area contributed by atoms with Crippen molar-refractivity contribution in [3.05, 3.63) is 210 Å². The Kier molecular flexibility index (Phi) is 7.92. The fourth-order valence-corrected chi connectivity index (χ4v) is 9.98. The SMILES string of the molecule is C=C/C=C1\C(=C/C)C(C)(C)c2ccc(N(c3ccc(-c4ccc5c(c4)c4ccccc4n5-c4ccccc4)cc3)c3ccc4c(c3)-c3ccccc3C4(C)C)cc21. The standard InChI is InChI=1S/C55H46N2/c1-7-16-42-45-34-40(28-30-50(45)54(3,4)48(42)8-2)56(41-29-31-51-46(35-41)43-19-12-14-21-49(43)55(51,5)6)39-26-23-36(24-27-39)37-25-32-53-47(33-37)44-20-13-15-22-52(44)57(53)38-17-10-9-11-18-38/h7-35H,1H2,2-6H3/b42-16-,48-8+. The number of nitrogens with zero attached hydrogens (tertiary/aromatic N) is 2. The maximum absolute atomic E-state index is 4.09. The Morgan fingerprint density at radius 3 is 1.84 bits per heavy atom. The van der Waals surface area contributed by atoms with E-state index in [1.54, 1.807) is 0 Å². The van der Waals surface area contributed by atoms with Gasteiger partial charge in [0.25, 0.3) is 0 Å². The second-order valence-corrected chi connectivity index (χ2v) is 16.6. The first kappa shape index (κ1) is 34.8. The van der Waals surface area contributed by atoms with Crippen LogP contribution in [0.5, 0.6) is 0 Å². The molecule has 0 unspecified atom stereocenters. The zero-order valence-corrected chi connectivity index (χ0v) is 33.3. The smallest absolute Gasteiger partial charge is 0.0541 e. The minimum atomic E-state index is -0.0959. The van der Waals surface area contributed by atoms with Gasteiger partial charge in [-0.3, -0.25) is 0 Å². The van der Waals surface area contributed by atoms with E-state index >= 15 is 0 Å². The van der Waals surface area contributed by atoms with E-state index in [4.69, 9.17) is 0 Å². The number of allylic oxidation sites excluding steroid dienone is 5. The Hall–Kier alpha value is -6.64. The van der Waals surface area contributed by atoms with Gasteiger partial charge in [0.05, 0.1) is 11.0 Å². The van der Waals surface area contributed by atoms with E-state index in [9.17, 15) is 0 Å². The van der Waals surface area contributed by atoms with Crippen molar-refractivity contribution in [2.75, 3.05) is 4.90 Å². The first-order valence-corrected chi connectivity index (χ1v) is 20.1. The van der Waals surface area contributed by atoms with Gasteiger partial charge in [-0.05, 0) is 129 Å². The van der Waals surface area contributed by atoms with Gasteiger partial charge in [0.2, 0.25) is 0 Å². The molecule has 1 heterocycles. The summed E-state index contributed by atoms with van der Waals surface area (Å²) in [6.45, 7) is 15.6. The van der Waals surface area contributed by atoms with E-state index in [-0.39, 0.29) is 10.8 Å². The van der Waals surface area contributed by atoms with Crippen LogP contribution in [0.15, 0.2) is 188 Å². The molecule has 10 rings (SSSR count). The van der Waals surface area contributed by atoms with Crippen molar-refractivity contribution in [3.8, 4) is 27.9 Å². The molecule has 0 spiro atoms. The van der Waals surface area contributed by atoms with Crippen molar-refractivity contribution < 1.29 is 0 Å². The van der Waals surface area contributed by atoms with Crippen LogP contribution in [0.25, 0.3) is 55.3 Å². The Morgan fingerprint density at radius 2 is 1.11 bits per heavy atom. The topological polar surface area (TPSA) is 8.17 Å². The molecule has 0 aliphatic heterocycles. The molecule has 8 aromatic rings. The molecule has 0 bridgehead atoms. The lowest BCUT2D eigenvalue weighted by Gasteiger charge is -2.28. The highest BCUT2D eigenvalue weighted by Crippen LogP contribution is 2.53. The third-order valence-corrected chi connectivity index (χ3v) is 12.7. The molecular formula is C55H46N2. The summed E-state index contributed by atoms with van der Waals surface area (Å²) in [5.74, 6) is 0. The summed E-state index contributed by atoms with van der Waals surface area (Å²) >= 11 is 0. The fraction of sp³-hybridized carbons (Fsp3) is 0.127. The predicted molar refractivity (Wildman–Crippen MR) is 243 cm³/mol.